The molecule has 0 aliphatic rings. The van der Waals surface area contributed by atoms with E-state index in [0.29, 0.717) is 0 Å². The second kappa shape index (κ2) is 3.33. The van der Waals surface area contributed by atoms with Gasteiger partial charge in [0.15, 0.2) is 0 Å². The minimum absolute atomic E-state index is 0.213. The average Bonchev–Trinajstić information content (AvgIpc) is 2.74. The molecule has 0 amide bonds. The summed E-state index contributed by atoms with van der Waals surface area (Å²) in [5.41, 5.74) is 1.71. The lowest BCUT2D eigenvalue weighted by Crippen LogP contribution is -1.76. The number of para-hydroxylation sites is 1. The summed E-state index contributed by atoms with van der Waals surface area (Å²) in [5.74, 6) is -0.213. The van der Waals surface area contributed by atoms with E-state index in [0.717, 1.165) is 32.7 Å². The minimum Gasteiger partial charge on any atom is -0.456 e. The first-order valence-corrected chi connectivity index (χ1v) is 5.82. The van der Waals surface area contributed by atoms with E-state index in [1.807, 2.05) is 36.4 Å². The van der Waals surface area contributed by atoms with Crippen molar-refractivity contribution in [3.05, 3.63) is 60.4 Å². The average molecular weight is 236 g/mol. The molecule has 0 radical (unpaired) electrons. The number of hydrogen-bond donors (Lipinski definition) is 0. The second-order valence-corrected chi connectivity index (χ2v) is 4.44. The van der Waals surface area contributed by atoms with Crippen molar-refractivity contribution < 1.29 is 8.81 Å². The van der Waals surface area contributed by atoms with Gasteiger partial charge in [-0.1, -0.05) is 24.3 Å². The highest BCUT2D eigenvalue weighted by atomic mass is 19.1. The SMILES string of the molecule is Fc1ccc2cc3oc4ccccc4c3cc2c1. The van der Waals surface area contributed by atoms with Crippen LogP contribution in [-0.4, -0.2) is 0 Å². The van der Waals surface area contributed by atoms with E-state index >= 15 is 0 Å². The highest BCUT2D eigenvalue weighted by Gasteiger charge is 2.07. The van der Waals surface area contributed by atoms with Crippen molar-refractivity contribution in [3.8, 4) is 0 Å². The molecule has 0 bridgehead atoms. The van der Waals surface area contributed by atoms with E-state index in [9.17, 15) is 4.39 Å². The normalized spacial score (nSPS) is 11.6. The number of rotatable bonds is 0. The van der Waals surface area contributed by atoms with Gasteiger partial charge in [-0.05, 0) is 41.1 Å². The Morgan fingerprint density at radius 3 is 2.56 bits per heavy atom. The molecule has 0 saturated carbocycles. The lowest BCUT2D eigenvalue weighted by molar-refractivity contribution is 0.629. The first-order chi connectivity index (χ1) is 8.81. The van der Waals surface area contributed by atoms with E-state index in [4.69, 9.17) is 4.42 Å². The zero-order valence-electron chi connectivity index (χ0n) is 9.48. The third kappa shape index (κ3) is 1.26. The van der Waals surface area contributed by atoms with Crippen molar-refractivity contribution in [3.63, 3.8) is 0 Å². The van der Waals surface area contributed by atoms with Crippen molar-refractivity contribution >= 4 is 32.7 Å². The van der Waals surface area contributed by atoms with Gasteiger partial charge in [-0.25, -0.2) is 4.39 Å². The minimum atomic E-state index is -0.213. The van der Waals surface area contributed by atoms with Crippen molar-refractivity contribution in [1.82, 2.24) is 0 Å². The molecule has 0 fully saturated rings. The Hall–Kier alpha value is -2.35. The first-order valence-electron chi connectivity index (χ1n) is 5.82. The second-order valence-electron chi connectivity index (χ2n) is 4.44. The fourth-order valence-electron chi connectivity index (χ4n) is 2.44. The summed E-state index contributed by atoms with van der Waals surface area (Å²) in [6.07, 6.45) is 0. The smallest absolute Gasteiger partial charge is 0.136 e. The molecule has 0 aliphatic carbocycles. The largest absolute Gasteiger partial charge is 0.456 e. The Bertz CT molecular complexity index is 889. The fourth-order valence-corrected chi connectivity index (χ4v) is 2.44. The van der Waals surface area contributed by atoms with Crippen molar-refractivity contribution in [1.29, 1.82) is 0 Å². The molecule has 0 saturated heterocycles. The molecule has 2 heteroatoms. The van der Waals surface area contributed by atoms with E-state index < -0.39 is 0 Å². The Labute approximate surface area is 102 Å². The summed E-state index contributed by atoms with van der Waals surface area (Å²) in [7, 11) is 0. The van der Waals surface area contributed by atoms with E-state index in [1.54, 1.807) is 12.1 Å². The lowest BCUT2D eigenvalue weighted by atomic mass is 10.1. The van der Waals surface area contributed by atoms with Crippen LogP contribution in [0.25, 0.3) is 32.7 Å². The van der Waals surface area contributed by atoms with Gasteiger partial charge in [0.1, 0.15) is 17.0 Å². The highest BCUT2D eigenvalue weighted by Crippen LogP contribution is 2.32. The van der Waals surface area contributed by atoms with Gasteiger partial charge in [-0.2, -0.15) is 0 Å². The molecule has 0 spiro atoms. The number of halogens is 1. The van der Waals surface area contributed by atoms with Gasteiger partial charge < -0.3 is 4.42 Å². The number of benzene rings is 3. The monoisotopic (exact) mass is 236 g/mol. The van der Waals surface area contributed by atoms with Gasteiger partial charge in [-0.15, -0.1) is 0 Å². The quantitative estimate of drug-likeness (QED) is 0.424. The number of furan rings is 1. The summed E-state index contributed by atoms with van der Waals surface area (Å²) in [5, 5.41) is 3.99. The lowest BCUT2D eigenvalue weighted by Gasteiger charge is -1.98. The zero-order chi connectivity index (χ0) is 12.1. The van der Waals surface area contributed by atoms with Crippen LogP contribution in [0.5, 0.6) is 0 Å². The molecule has 0 aliphatic heterocycles. The summed E-state index contributed by atoms with van der Waals surface area (Å²) in [4.78, 5) is 0. The van der Waals surface area contributed by atoms with E-state index in [-0.39, 0.29) is 5.82 Å². The van der Waals surface area contributed by atoms with Gasteiger partial charge in [0.2, 0.25) is 0 Å². The van der Waals surface area contributed by atoms with Crippen molar-refractivity contribution in [2.24, 2.45) is 0 Å². The fraction of sp³-hybridized carbons (Fsp3) is 0. The molecule has 0 unspecified atom stereocenters. The first kappa shape index (κ1) is 9.66. The van der Waals surface area contributed by atoms with Gasteiger partial charge >= 0.3 is 0 Å². The molecule has 3 aromatic carbocycles. The molecule has 4 aromatic rings. The Morgan fingerprint density at radius 2 is 1.61 bits per heavy atom. The molecular formula is C16H9FO. The van der Waals surface area contributed by atoms with Crippen LogP contribution in [0, 0.1) is 5.82 Å². The van der Waals surface area contributed by atoms with Crippen LogP contribution in [-0.2, 0) is 0 Å². The molecule has 18 heavy (non-hydrogen) atoms. The molecule has 1 nitrogen and oxygen atoms in total. The summed E-state index contributed by atoms with van der Waals surface area (Å²) in [6, 6.07) is 16.6. The van der Waals surface area contributed by atoms with Crippen LogP contribution in [0.15, 0.2) is 59.0 Å². The van der Waals surface area contributed by atoms with E-state index in [1.165, 1.54) is 6.07 Å². The molecule has 0 atom stereocenters. The summed E-state index contributed by atoms with van der Waals surface area (Å²) < 4.78 is 19.1. The predicted octanol–water partition coefficient (Wildman–Crippen LogP) is 4.88. The maximum absolute atomic E-state index is 13.3. The molecule has 1 aromatic heterocycles. The van der Waals surface area contributed by atoms with Crippen LogP contribution in [0.2, 0.25) is 0 Å². The maximum Gasteiger partial charge on any atom is 0.136 e. The molecule has 4 rings (SSSR count). The van der Waals surface area contributed by atoms with Gasteiger partial charge in [0.05, 0.1) is 0 Å². The van der Waals surface area contributed by atoms with Crippen molar-refractivity contribution in [2.45, 2.75) is 0 Å². The maximum atomic E-state index is 13.3. The number of hydrogen-bond acceptors (Lipinski definition) is 1. The molecular weight excluding hydrogens is 227 g/mol. The van der Waals surface area contributed by atoms with Crippen LogP contribution in [0.4, 0.5) is 4.39 Å². The van der Waals surface area contributed by atoms with Crippen LogP contribution < -0.4 is 0 Å². The third-order valence-corrected chi connectivity index (χ3v) is 3.30. The third-order valence-electron chi connectivity index (χ3n) is 3.30. The van der Waals surface area contributed by atoms with Gasteiger partial charge in [0.25, 0.3) is 0 Å². The van der Waals surface area contributed by atoms with Crippen LogP contribution in [0.1, 0.15) is 0 Å². The van der Waals surface area contributed by atoms with Gasteiger partial charge in [0, 0.05) is 10.8 Å². The zero-order valence-corrected chi connectivity index (χ0v) is 9.48. The Balaban J connectivity index is 2.24. The molecule has 1 heterocycles. The molecule has 0 N–H and O–H groups in total. The standard InChI is InChI=1S/C16H9FO/c17-12-6-5-10-9-16-14(8-11(10)7-12)13-3-1-2-4-15(13)18-16/h1-9H. The van der Waals surface area contributed by atoms with Crippen LogP contribution in [0.3, 0.4) is 0 Å². The highest BCUT2D eigenvalue weighted by molar-refractivity contribution is 6.09. The topological polar surface area (TPSA) is 13.1 Å². The van der Waals surface area contributed by atoms with E-state index in [2.05, 4.69) is 0 Å². The summed E-state index contributed by atoms with van der Waals surface area (Å²) >= 11 is 0. The van der Waals surface area contributed by atoms with Crippen molar-refractivity contribution in [2.75, 3.05) is 0 Å². The number of fused-ring (bicyclic) bond motifs is 4. The van der Waals surface area contributed by atoms with Gasteiger partial charge in [-0.3, -0.25) is 0 Å². The predicted molar refractivity (Wildman–Crippen MR) is 71.2 cm³/mol. The van der Waals surface area contributed by atoms with Crippen LogP contribution >= 0.6 is 0 Å². The summed E-state index contributed by atoms with van der Waals surface area (Å²) in [6.45, 7) is 0. The molecule has 86 valence electrons. The Morgan fingerprint density at radius 1 is 0.722 bits per heavy atom. The Kier molecular flexibility index (Phi) is 1.78.